The molecule has 0 heterocycles. The third kappa shape index (κ3) is 15.1. The van der Waals surface area contributed by atoms with Gasteiger partial charge in [0.2, 0.25) is 11.8 Å². The van der Waals surface area contributed by atoms with E-state index in [1.165, 1.54) is 18.2 Å². The van der Waals surface area contributed by atoms with Crippen LogP contribution in [0.25, 0.3) is 0 Å². The fourth-order valence-electron chi connectivity index (χ4n) is 6.67. The van der Waals surface area contributed by atoms with Crippen LogP contribution in [0.15, 0.2) is 109 Å². The van der Waals surface area contributed by atoms with Gasteiger partial charge in [0, 0.05) is 30.6 Å². The van der Waals surface area contributed by atoms with Gasteiger partial charge in [-0.15, -0.1) is 0 Å². The van der Waals surface area contributed by atoms with E-state index in [9.17, 15) is 37.3 Å². The third-order valence-electron chi connectivity index (χ3n) is 10.3. The molecule has 0 aromatic heterocycles. The summed E-state index contributed by atoms with van der Waals surface area (Å²) in [6.45, 7) is 9.55. The second kappa shape index (κ2) is 22.8. The molecule has 0 unspecified atom stereocenters. The number of aliphatic hydroxyl groups excluding tert-OH is 1. The van der Waals surface area contributed by atoms with Crippen molar-refractivity contribution in [3.8, 4) is 0 Å². The molecule has 0 aliphatic rings. The number of carbonyl (C=O) groups is 4. The van der Waals surface area contributed by atoms with Crippen LogP contribution in [-0.2, 0) is 37.8 Å². The van der Waals surface area contributed by atoms with E-state index < -0.39 is 58.2 Å². The normalized spacial score (nSPS) is 14.0. The molecule has 4 amide bonds. The molecule has 0 fully saturated rings. The first kappa shape index (κ1) is 48.1. The van der Waals surface area contributed by atoms with E-state index in [1.54, 1.807) is 6.92 Å². The van der Waals surface area contributed by atoms with Gasteiger partial charge in [0.05, 0.1) is 37.1 Å². The molecule has 0 saturated heterocycles. The Balaban J connectivity index is 1.59. The van der Waals surface area contributed by atoms with Crippen LogP contribution < -0.4 is 25.6 Å². The van der Waals surface area contributed by atoms with E-state index >= 15 is 0 Å². The first-order valence-corrected chi connectivity index (χ1v) is 21.8. The van der Waals surface area contributed by atoms with Crippen molar-refractivity contribution in [2.24, 2.45) is 17.8 Å². The van der Waals surface area contributed by atoms with Gasteiger partial charge in [-0.25, -0.2) is 0 Å². The molecule has 4 aromatic carbocycles. The molecule has 0 saturated carbocycles. The number of anilines is 1. The van der Waals surface area contributed by atoms with Crippen molar-refractivity contribution in [1.29, 1.82) is 0 Å². The molecule has 0 bridgehead atoms. The molecule has 328 valence electrons. The van der Waals surface area contributed by atoms with Crippen LogP contribution in [0, 0.1) is 17.8 Å². The molecule has 0 aliphatic carbocycles. The van der Waals surface area contributed by atoms with E-state index in [-0.39, 0.29) is 60.7 Å². The number of ether oxygens (including phenoxy) is 1. The second-order valence-electron chi connectivity index (χ2n) is 15.9. The number of benzene rings is 4. The lowest BCUT2D eigenvalue weighted by molar-refractivity contribution is -0.133. The van der Waals surface area contributed by atoms with E-state index in [2.05, 4.69) is 21.3 Å². The molecule has 6 N–H and O–H groups in total. The summed E-state index contributed by atoms with van der Waals surface area (Å²) in [5.74, 6) is -3.20. The SMILES string of the molecule is CC(C)C[C@H](NC(=O)[C@@H](C[C@H](O)[C@H](COCc1ccccc1)NC(=O)c1cc(C(=O)N[C@H](C)c2ccccc2)cc(N(C)S(=O)(=O)O)c1)C(C)C)C(=O)NCc1ccccc1. The predicted octanol–water partition coefficient (Wildman–Crippen LogP) is 5.60. The third-order valence-corrected chi connectivity index (χ3v) is 11.2. The van der Waals surface area contributed by atoms with Crippen LogP contribution in [0.1, 0.15) is 90.9 Å². The lowest BCUT2D eigenvalue weighted by atomic mass is 9.86. The summed E-state index contributed by atoms with van der Waals surface area (Å²) in [7, 11) is -3.73. The van der Waals surface area contributed by atoms with Crippen molar-refractivity contribution in [2.45, 2.75) is 84.8 Å². The van der Waals surface area contributed by atoms with Gasteiger partial charge in [0.15, 0.2) is 0 Å². The van der Waals surface area contributed by atoms with Gasteiger partial charge in [-0.05, 0) is 66.5 Å². The highest BCUT2D eigenvalue weighted by molar-refractivity contribution is 7.87. The maximum absolute atomic E-state index is 14.1. The number of carbonyl (C=O) groups excluding carboxylic acids is 4. The minimum atomic E-state index is -4.80. The van der Waals surface area contributed by atoms with Crippen LogP contribution in [-0.4, -0.2) is 73.5 Å². The summed E-state index contributed by atoms with van der Waals surface area (Å²) in [6.07, 6.45) is -1.10. The van der Waals surface area contributed by atoms with Crippen LogP contribution in [0.5, 0.6) is 0 Å². The highest BCUT2D eigenvalue weighted by Gasteiger charge is 2.33. The molecule has 15 heteroatoms. The predicted molar refractivity (Wildman–Crippen MR) is 235 cm³/mol. The molecular formula is C46H59N5O9S. The Labute approximate surface area is 359 Å². The van der Waals surface area contributed by atoms with Crippen molar-refractivity contribution >= 4 is 39.6 Å². The van der Waals surface area contributed by atoms with Crippen molar-refractivity contribution < 1.29 is 42.0 Å². The fourth-order valence-corrected chi connectivity index (χ4v) is 7.04. The molecule has 5 atom stereocenters. The van der Waals surface area contributed by atoms with Crippen LogP contribution in [0.3, 0.4) is 0 Å². The van der Waals surface area contributed by atoms with Crippen LogP contribution in [0.4, 0.5) is 5.69 Å². The summed E-state index contributed by atoms with van der Waals surface area (Å²) >= 11 is 0. The summed E-state index contributed by atoms with van der Waals surface area (Å²) in [6, 6.07) is 29.1. The van der Waals surface area contributed by atoms with E-state index in [0.717, 1.165) is 23.7 Å². The number of nitrogens with one attached hydrogen (secondary N) is 4. The second-order valence-corrected chi connectivity index (χ2v) is 17.4. The summed E-state index contributed by atoms with van der Waals surface area (Å²) < 4.78 is 40.8. The van der Waals surface area contributed by atoms with E-state index in [4.69, 9.17) is 4.74 Å². The van der Waals surface area contributed by atoms with Gasteiger partial charge in [-0.1, -0.05) is 119 Å². The Morgan fingerprint density at radius 3 is 1.79 bits per heavy atom. The Hall–Kier alpha value is -5.61. The first-order chi connectivity index (χ1) is 28.9. The number of amides is 4. The number of hydrogen-bond donors (Lipinski definition) is 6. The van der Waals surface area contributed by atoms with Crippen molar-refractivity contribution in [3.63, 3.8) is 0 Å². The summed E-state index contributed by atoms with van der Waals surface area (Å²) in [4.78, 5) is 55.0. The maximum Gasteiger partial charge on any atom is 0.359 e. The minimum Gasteiger partial charge on any atom is -0.391 e. The average Bonchev–Trinajstić information content (AvgIpc) is 3.23. The van der Waals surface area contributed by atoms with Crippen molar-refractivity contribution in [3.05, 3.63) is 137 Å². The zero-order valence-electron chi connectivity index (χ0n) is 35.6. The zero-order chi connectivity index (χ0) is 44.7. The van der Waals surface area contributed by atoms with Crippen molar-refractivity contribution in [1.82, 2.24) is 21.3 Å². The molecule has 61 heavy (non-hydrogen) atoms. The van der Waals surface area contributed by atoms with Gasteiger partial charge in [-0.2, -0.15) is 8.42 Å². The minimum absolute atomic E-state index is 0.0707. The number of hydrogen-bond acceptors (Lipinski definition) is 8. The number of rotatable bonds is 22. The fraction of sp³-hybridized carbons (Fsp3) is 0.391. The van der Waals surface area contributed by atoms with Gasteiger partial charge in [-0.3, -0.25) is 28.0 Å². The molecule has 4 rings (SSSR count). The lowest BCUT2D eigenvalue weighted by Gasteiger charge is -2.30. The maximum atomic E-state index is 14.1. The smallest absolute Gasteiger partial charge is 0.359 e. The van der Waals surface area contributed by atoms with Crippen LogP contribution >= 0.6 is 0 Å². The largest absolute Gasteiger partial charge is 0.391 e. The molecule has 0 aliphatic heterocycles. The Morgan fingerprint density at radius 1 is 0.705 bits per heavy atom. The highest BCUT2D eigenvalue weighted by Crippen LogP contribution is 2.24. The Bertz CT molecular complexity index is 2160. The molecule has 0 radical (unpaired) electrons. The first-order valence-electron chi connectivity index (χ1n) is 20.4. The average molecular weight is 858 g/mol. The van der Waals surface area contributed by atoms with Gasteiger partial charge in [0.25, 0.3) is 11.8 Å². The van der Waals surface area contributed by atoms with E-state index in [0.29, 0.717) is 10.7 Å². The standard InChI is InChI=1S/C46H59N5O9S/c1-30(2)22-40(46(56)47-27-33-16-10-7-11-17-33)49-45(55)39(31(3)4)26-42(52)41(29-60-28-34-18-12-8-13-19-34)50-44(54)37-23-36(24-38(25-37)51(6)61(57,58)59)43(53)48-32(5)35-20-14-9-15-21-35/h7-21,23-25,30-32,39-42,52H,22,26-29H2,1-6H3,(H,47,56)(H,48,53)(H,49,55)(H,50,54)(H,57,58,59)/t32-,39+,40+,41+,42+/m1/s1. The molecule has 14 nitrogen and oxygen atoms in total. The molecular weight excluding hydrogens is 799 g/mol. The monoisotopic (exact) mass is 857 g/mol. The zero-order valence-corrected chi connectivity index (χ0v) is 36.4. The highest BCUT2D eigenvalue weighted by atomic mass is 32.2. The topological polar surface area (TPSA) is 203 Å². The van der Waals surface area contributed by atoms with E-state index in [1.807, 2.05) is 119 Å². The molecule has 0 spiro atoms. The number of nitrogens with zero attached hydrogens (tertiary/aromatic N) is 1. The summed E-state index contributed by atoms with van der Waals surface area (Å²) in [5.41, 5.74) is 2.16. The molecule has 4 aromatic rings. The van der Waals surface area contributed by atoms with Crippen LogP contribution in [0.2, 0.25) is 0 Å². The van der Waals surface area contributed by atoms with Gasteiger partial charge in [0.1, 0.15) is 6.04 Å². The Kier molecular flexibility index (Phi) is 18.0. The van der Waals surface area contributed by atoms with Gasteiger partial charge >= 0.3 is 10.3 Å². The quantitative estimate of drug-likeness (QED) is 0.0544. The summed E-state index contributed by atoms with van der Waals surface area (Å²) in [5, 5.41) is 23.3. The Morgan fingerprint density at radius 2 is 1.25 bits per heavy atom. The van der Waals surface area contributed by atoms with Crippen molar-refractivity contribution in [2.75, 3.05) is 18.0 Å². The lowest BCUT2D eigenvalue weighted by Crippen LogP contribution is -2.51. The van der Waals surface area contributed by atoms with Gasteiger partial charge < -0.3 is 31.1 Å². The number of aliphatic hydroxyl groups is 1.